The molecule has 9 nitrogen and oxygen atoms in total. The maximum Gasteiger partial charge on any atom is 0.292 e. The Labute approximate surface area is 165 Å². The monoisotopic (exact) mass is 398 g/mol. The Hall–Kier alpha value is -3.27. The molecule has 1 aromatic heterocycles. The molecule has 144 valence electrons. The Bertz CT molecular complexity index is 1040. The number of amides is 1. The molecule has 1 unspecified atom stereocenters. The lowest BCUT2D eigenvalue weighted by molar-refractivity contribution is -0.383. The molecule has 1 heterocycles. The van der Waals surface area contributed by atoms with E-state index >= 15 is 0 Å². The molecule has 1 amide bonds. The molecule has 0 aliphatic rings. The third-order valence-electron chi connectivity index (χ3n) is 4.03. The second-order valence-corrected chi connectivity index (χ2v) is 7.49. The van der Waals surface area contributed by atoms with Crippen molar-refractivity contribution in [2.24, 2.45) is 0 Å². The van der Waals surface area contributed by atoms with E-state index < -0.39 is 10.2 Å². The lowest BCUT2D eigenvalue weighted by Crippen LogP contribution is -2.23. The quantitative estimate of drug-likeness (QED) is 0.385. The highest BCUT2D eigenvalue weighted by molar-refractivity contribution is 8.00. The molecule has 0 bridgehead atoms. The molecule has 2 aromatic carbocycles. The molecule has 0 aliphatic carbocycles. The van der Waals surface area contributed by atoms with Crippen LogP contribution in [0.5, 0.6) is 0 Å². The second kappa shape index (κ2) is 8.17. The van der Waals surface area contributed by atoms with Crippen LogP contribution in [-0.2, 0) is 4.79 Å². The SMILES string of the molecule is Cc1ccc(-n2nnnc2SC(C)C(=O)Nc2ccccc2[N+](=O)[O-])c(C)c1. The van der Waals surface area contributed by atoms with Crippen molar-refractivity contribution in [1.29, 1.82) is 0 Å². The largest absolute Gasteiger partial charge is 0.319 e. The van der Waals surface area contributed by atoms with Gasteiger partial charge in [-0.3, -0.25) is 14.9 Å². The molecule has 0 spiro atoms. The molecule has 10 heteroatoms. The van der Waals surface area contributed by atoms with Crippen LogP contribution in [0.25, 0.3) is 5.69 Å². The van der Waals surface area contributed by atoms with E-state index in [0.717, 1.165) is 16.8 Å². The van der Waals surface area contributed by atoms with Crippen LogP contribution < -0.4 is 5.32 Å². The maximum atomic E-state index is 12.5. The minimum Gasteiger partial charge on any atom is -0.319 e. The zero-order chi connectivity index (χ0) is 20.3. The Morgan fingerprint density at radius 1 is 1.25 bits per heavy atom. The first-order valence-electron chi connectivity index (χ1n) is 8.43. The molecule has 0 saturated heterocycles. The normalized spacial score (nSPS) is 11.8. The summed E-state index contributed by atoms with van der Waals surface area (Å²) in [5.74, 6) is -0.380. The van der Waals surface area contributed by atoms with Gasteiger partial charge in [0.25, 0.3) is 5.69 Å². The maximum absolute atomic E-state index is 12.5. The Kier molecular flexibility index (Phi) is 5.69. The van der Waals surface area contributed by atoms with Crippen LogP contribution in [0.1, 0.15) is 18.1 Å². The van der Waals surface area contributed by atoms with Crippen molar-refractivity contribution in [2.75, 3.05) is 5.32 Å². The van der Waals surface area contributed by atoms with Gasteiger partial charge in [0.15, 0.2) is 0 Å². The fourth-order valence-corrected chi connectivity index (χ4v) is 3.43. The molecule has 1 atom stereocenters. The van der Waals surface area contributed by atoms with E-state index in [1.807, 2.05) is 32.0 Å². The molecule has 0 aliphatic heterocycles. The number of hydrogen-bond acceptors (Lipinski definition) is 7. The van der Waals surface area contributed by atoms with Crippen molar-refractivity contribution in [2.45, 2.75) is 31.2 Å². The lowest BCUT2D eigenvalue weighted by atomic mass is 10.1. The summed E-state index contributed by atoms with van der Waals surface area (Å²) < 4.78 is 1.58. The molecular weight excluding hydrogens is 380 g/mol. The number of anilines is 1. The summed E-state index contributed by atoms with van der Waals surface area (Å²) in [5, 5.41) is 25.3. The van der Waals surface area contributed by atoms with Gasteiger partial charge in [0.1, 0.15) is 5.69 Å². The first kappa shape index (κ1) is 19.5. The highest BCUT2D eigenvalue weighted by Crippen LogP contribution is 2.27. The van der Waals surface area contributed by atoms with E-state index in [1.165, 1.54) is 23.9 Å². The van der Waals surface area contributed by atoms with Gasteiger partial charge in [-0.2, -0.15) is 4.68 Å². The van der Waals surface area contributed by atoms with Gasteiger partial charge in [0.2, 0.25) is 11.1 Å². The van der Waals surface area contributed by atoms with Gasteiger partial charge in [0.05, 0.1) is 15.9 Å². The van der Waals surface area contributed by atoms with Crippen molar-refractivity contribution in [3.63, 3.8) is 0 Å². The molecule has 3 rings (SSSR count). The van der Waals surface area contributed by atoms with E-state index in [9.17, 15) is 14.9 Å². The summed E-state index contributed by atoms with van der Waals surface area (Å²) in [4.78, 5) is 23.1. The highest BCUT2D eigenvalue weighted by atomic mass is 32.2. The van der Waals surface area contributed by atoms with Crippen LogP contribution >= 0.6 is 11.8 Å². The van der Waals surface area contributed by atoms with Gasteiger partial charge in [-0.25, -0.2) is 0 Å². The average molecular weight is 398 g/mol. The first-order valence-corrected chi connectivity index (χ1v) is 9.31. The number of para-hydroxylation sites is 2. The Morgan fingerprint density at radius 2 is 2.00 bits per heavy atom. The molecule has 0 saturated carbocycles. The van der Waals surface area contributed by atoms with Crippen molar-refractivity contribution >= 4 is 29.0 Å². The zero-order valence-corrected chi connectivity index (χ0v) is 16.3. The van der Waals surface area contributed by atoms with Crippen molar-refractivity contribution in [3.8, 4) is 5.69 Å². The predicted molar refractivity (Wildman–Crippen MR) is 106 cm³/mol. The topological polar surface area (TPSA) is 116 Å². The van der Waals surface area contributed by atoms with Gasteiger partial charge >= 0.3 is 0 Å². The number of aryl methyl sites for hydroxylation is 2. The highest BCUT2D eigenvalue weighted by Gasteiger charge is 2.22. The van der Waals surface area contributed by atoms with Gasteiger partial charge in [-0.15, -0.1) is 5.10 Å². The van der Waals surface area contributed by atoms with E-state index in [-0.39, 0.29) is 17.3 Å². The van der Waals surface area contributed by atoms with Crippen LogP contribution in [0.15, 0.2) is 47.6 Å². The minimum atomic E-state index is -0.574. The summed E-state index contributed by atoms with van der Waals surface area (Å²) in [5.41, 5.74) is 2.95. The molecule has 0 radical (unpaired) electrons. The van der Waals surface area contributed by atoms with Crippen LogP contribution in [0.3, 0.4) is 0 Å². The zero-order valence-electron chi connectivity index (χ0n) is 15.5. The number of rotatable bonds is 6. The minimum absolute atomic E-state index is 0.152. The van der Waals surface area contributed by atoms with E-state index in [0.29, 0.717) is 5.16 Å². The number of nitrogens with zero attached hydrogens (tertiary/aromatic N) is 5. The van der Waals surface area contributed by atoms with Gasteiger partial charge < -0.3 is 5.32 Å². The number of nitro groups is 1. The number of hydrogen-bond donors (Lipinski definition) is 1. The predicted octanol–water partition coefficient (Wildman–Crippen LogP) is 3.31. The summed E-state index contributed by atoms with van der Waals surface area (Å²) in [6, 6.07) is 11.9. The van der Waals surface area contributed by atoms with Gasteiger partial charge in [0, 0.05) is 6.07 Å². The van der Waals surface area contributed by atoms with Crippen LogP contribution in [0.2, 0.25) is 0 Å². The van der Waals surface area contributed by atoms with Crippen LogP contribution in [0, 0.1) is 24.0 Å². The fraction of sp³-hybridized carbons (Fsp3) is 0.222. The van der Waals surface area contributed by atoms with Crippen molar-refractivity contribution in [1.82, 2.24) is 20.2 Å². The number of nitro benzene ring substituents is 1. The molecule has 3 aromatic rings. The summed E-state index contributed by atoms with van der Waals surface area (Å²) in [6.45, 7) is 5.65. The molecule has 0 fully saturated rings. The van der Waals surface area contributed by atoms with E-state index in [4.69, 9.17) is 0 Å². The summed E-state index contributed by atoms with van der Waals surface area (Å²) >= 11 is 1.17. The number of benzene rings is 2. The standard InChI is InChI=1S/C18H18N6O3S/c1-11-8-9-15(12(2)10-11)23-18(20-21-22-23)28-13(3)17(25)19-14-6-4-5-7-16(14)24(26)27/h4-10,13H,1-3H3,(H,19,25). The van der Waals surface area contributed by atoms with Crippen LogP contribution in [-0.4, -0.2) is 36.3 Å². The number of carbonyl (C=O) groups excluding carboxylic acids is 1. The number of aromatic nitrogens is 4. The number of carbonyl (C=O) groups is 1. The Morgan fingerprint density at radius 3 is 2.71 bits per heavy atom. The lowest BCUT2D eigenvalue weighted by Gasteiger charge is -2.13. The molecule has 28 heavy (non-hydrogen) atoms. The fourth-order valence-electron chi connectivity index (χ4n) is 2.63. The second-order valence-electron chi connectivity index (χ2n) is 6.19. The number of thioether (sulfide) groups is 1. The third-order valence-corrected chi connectivity index (χ3v) is 5.06. The molecule has 1 N–H and O–H groups in total. The number of tetrazole rings is 1. The van der Waals surface area contributed by atoms with E-state index in [2.05, 4.69) is 20.8 Å². The summed E-state index contributed by atoms with van der Waals surface area (Å²) in [7, 11) is 0. The van der Waals surface area contributed by atoms with Gasteiger partial charge in [-0.05, 0) is 48.9 Å². The average Bonchev–Trinajstić information content (AvgIpc) is 3.09. The Balaban J connectivity index is 1.77. The summed E-state index contributed by atoms with van der Waals surface area (Å²) in [6.07, 6.45) is 0. The first-order chi connectivity index (χ1) is 13.4. The van der Waals surface area contributed by atoms with E-state index in [1.54, 1.807) is 23.7 Å². The smallest absolute Gasteiger partial charge is 0.292 e. The van der Waals surface area contributed by atoms with Gasteiger partial charge in [-0.1, -0.05) is 41.6 Å². The third kappa shape index (κ3) is 4.17. The van der Waals surface area contributed by atoms with Crippen molar-refractivity contribution in [3.05, 3.63) is 63.7 Å². The number of nitrogens with one attached hydrogen (secondary N) is 1. The van der Waals surface area contributed by atoms with Crippen LogP contribution in [0.4, 0.5) is 11.4 Å². The van der Waals surface area contributed by atoms with Crippen molar-refractivity contribution < 1.29 is 9.72 Å². The molecular formula is C18H18N6O3S.